The van der Waals surface area contributed by atoms with Crippen molar-refractivity contribution >= 4 is 40.8 Å². The summed E-state index contributed by atoms with van der Waals surface area (Å²) in [5.41, 5.74) is 5.41. The van der Waals surface area contributed by atoms with Gasteiger partial charge in [-0.05, 0) is 42.5 Å². The summed E-state index contributed by atoms with van der Waals surface area (Å²) in [5, 5.41) is 12.9. The molecule has 0 unspecified atom stereocenters. The molecule has 0 aliphatic carbocycles. The number of nitrogen functional groups attached to an aromatic ring is 1. The van der Waals surface area contributed by atoms with E-state index in [1.54, 1.807) is 12.1 Å². The Bertz CT molecular complexity index is 1170. The van der Waals surface area contributed by atoms with Gasteiger partial charge >= 0.3 is 0 Å². The summed E-state index contributed by atoms with van der Waals surface area (Å²) in [6.45, 7) is 0. The lowest BCUT2D eigenvalue weighted by Gasteiger charge is -2.13. The summed E-state index contributed by atoms with van der Waals surface area (Å²) in [7, 11) is 1.43. The number of aromatic nitrogens is 1. The second kappa shape index (κ2) is 9.23. The molecule has 3 aromatic rings. The molecule has 2 amide bonds. The van der Waals surface area contributed by atoms with Gasteiger partial charge in [-0.15, -0.1) is 0 Å². The highest BCUT2D eigenvalue weighted by Gasteiger charge is 2.19. The number of amides is 2. The van der Waals surface area contributed by atoms with E-state index < -0.39 is 17.6 Å². The van der Waals surface area contributed by atoms with E-state index in [1.807, 2.05) is 0 Å². The summed E-state index contributed by atoms with van der Waals surface area (Å²) < 4.78 is 19.5. The Balaban J connectivity index is 1.89. The van der Waals surface area contributed by atoms with E-state index in [1.165, 1.54) is 43.6 Å². The normalized spacial score (nSPS) is 10.3. The second-order valence-corrected chi connectivity index (χ2v) is 6.73. The molecular weight excluding hydrogens is 425 g/mol. The first-order valence-corrected chi connectivity index (χ1v) is 9.22. The Morgan fingerprint density at radius 3 is 2.42 bits per heavy atom. The molecule has 0 saturated heterocycles. The molecule has 10 heteroatoms. The Labute approximate surface area is 181 Å². The maximum absolute atomic E-state index is 14.3. The molecule has 1 heterocycles. The van der Waals surface area contributed by atoms with Crippen LogP contribution < -0.4 is 21.1 Å². The molecule has 0 bridgehead atoms. The predicted octanol–water partition coefficient (Wildman–Crippen LogP) is 3.67. The zero-order chi connectivity index (χ0) is 22.5. The number of anilines is 2. The van der Waals surface area contributed by atoms with Crippen LogP contribution >= 0.6 is 11.6 Å². The fraction of sp³-hybridized carbons (Fsp3) is 0.0476. The number of hydrogen-bond acceptors (Lipinski definition) is 5. The predicted molar refractivity (Wildman–Crippen MR) is 116 cm³/mol. The number of carbonyl (C=O) groups excluding carboxylic acids is 2. The number of hydrogen-bond donors (Lipinski definition) is 4. The van der Waals surface area contributed by atoms with Crippen molar-refractivity contribution in [1.82, 2.24) is 4.98 Å². The number of pyridine rings is 1. The molecular formula is C21H17ClFN5O3. The quantitative estimate of drug-likeness (QED) is 0.342. The van der Waals surface area contributed by atoms with Gasteiger partial charge in [-0.3, -0.25) is 15.0 Å². The molecule has 0 saturated carbocycles. The highest BCUT2D eigenvalue weighted by atomic mass is 35.5. The van der Waals surface area contributed by atoms with Crippen molar-refractivity contribution in [1.29, 1.82) is 5.41 Å². The third-order valence-corrected chi connectivity index (χ3v) is 4.44. The minimum atomic E-state index is -0.852. The molecule has 3 rings (SSSR count). The Morgan fingerprint density at radius 1 is 1.06 bits per heavy atom. The fourth-order valence-corrected chi connectivity index (χ4v) is 2.75. The number of rotatable bonds is 6. The van der Waals surface area contributed by atoms with E-state index in [0.29, 0.717) is 10.8 Å². The van der Waals surface area contributed by atoms with Gasteiger partial charge in [0.1, 0.15) is 23.2 Å². The zero-order valence-electron chi connectivity index (χ0n) is 16.2. The summed E-state index contributed by atoms with van der Waals surface area (Å²) in [6, 6.07) is 11.1. The highest BCUT2D eigenvalue weighted by molar-refractivity contribution is 6.30. The van der Waals surface area contributed by atoms with Crippen molar-refractivity contribution in [3.05, 3.63) is 82.3 Å². The monoisotopic (exact) mass is 441 g/mol. The number of methoxy groups -OCH3 is 1. The topological polar surface area (TPSA) is 130 Å². The first-order valence-electron chi connectivity index (χ1n) is 8.84. The number of carbonyl (C=O) groups is 2. The SMILES string of the molecule is COc1ccc(NC(=O)c2ccc(C(=N)N)cc2F)c(C(=O)Nc2ccc(Cl)cn2)c1. The van der Waals surface area contributed by atoms with Crippen molar-refractivity contribution in [2.75, 3.05) is 17.7 Å². The van der Waals surface area contributed by atoms with Gasteiger partial charge in [-0.2, -0.15) is 0 Å². The molecule has 0 radical (unpaired) electrons. The summed E-state index contributed by atoms with van der Waals surface area (Å²) in [6.07, 6.45) is 1.37. The molecule has 0 fully saturated rings. The van der Waals surface area contributed by atoms with E-state index in [0.717, 1.165) is 6.07 Å². The van der Waals surface area contributed by atoms with Crippen molar-refractivity contribution in [2.24, 2.45) is 5.73 Å². The fourth-order valence-electron chi connectivity index (χ4n) is 2.64. The number of ether oxygens (including phenoxy) is 1. The van der Waals surface area contributed by atoms with Crippen molar-refractivity contribution in [3.8, 4) is 5.75 Å². The maximum Gasteiger partial charge on any atom is 0.259 e. The molecule has 2 aromatic carbocycles. The maximum atomic E-state index is 14.3. The van der Waals surface area contributed by atoms with Gasteiger partial charge in [0.05, 0.1) is 28.9 Å². The van der Waals surface area contributed by atoms with Crippen LogP contribution in [-0.2, 0) is 0 Å². The van der Waals surface area contributed by atoms with E-state index in [2.05, 4.69) is 15.6 Å². The van der Waals surface area contributed by atoms with Crippen molar-refractivity contribution in [3.63, 3.8) is 0 Å². The number of nitrogens with zero attached hydrogens (tertiary/aromatic N) is 1. The smallest absolute Gasteiger partial charge is 0.259 e. The minimum Gasteiger partial charge on any atom is -0.497 e. The number of nitrogens with two attached hydrogens (primary N) is 1. The van der Waals surface area contributed by atoms with Crippen LogP contribution in [0.5, 0.6) is 5.75 Å². The third kappa shape index (κ3) is 5.14. The summed E-state index contributed by atoms with van der Waals surface area (Å²) in [4.78, 5) is 29.4. The average Bonchev–Trinajstić information content (AvgIpc) is 2.75. The average molecular weight is 442 g/mol. The number of halogens is 2. The van der Waals surface area contributed by atoms with Crippen LogP contribution in [0.1, 0.15) is 26.3 Å². The van der Waals surface area contributed by atoms with Gasteiger partial charge in [0.25, 0.3) is 11.8 Å². The van der Waals surface area contributed by atoms with E-state index >= 15 is 0 Å². The lowest BCUT2D eigenvalue weighted by Crippen LogP contribution is -2.20. The third-order valence-electron chi connectivity index (χ3n) is 4.21. The van der Waals surface area contributed by atoms with Crippen LogP contribution in [0, 0.1) is 11.2 Å². The van der Waals surface area contributed by atoms with Crippen LogP contribution in [0.15, 0.2) is 54.7 Å². The Kier molecular flexibility index (Phi) is 6.46. The molecule has 0 spiro atoms. The lowest BCUT2D eigenvalue weighted by molar-refractivity contribution is 0.102. The van der Waals surface area contributed by atoms with Gasteiger partial charge in [-0.1, -0.05) is 17.7 Å². The zero-order valence-corrected chi connectivity index (χ0v) is 17.0. The molecule has 0 aliphatic rings. The van der Waals surface area contributed by atoms with Gasteiger partial charge in [0.15, 0.2) is 0 Å². The lowest BCUT2D eigenvalue weighted by atomic mass is 10.1. The van der Waals surface area contributed by atoms with Gasteiger partial charge in [0, 0.05) is 11.8 Å². The first kappa shape index (κ1) is 21.7. The summed E-state index contributed by atoms with van der Waals surface area (Å²) >= 11 is 5.80. The Morgan fingerprint density at radius 2 is 1.81 bits per heavy atom. The summed E-state index contributed by atoms with van der Waals surface area (Å²) in [5.74, 6) is -1.90. The van der Waals surface area contributed by atoms with Gasteiger partial charge in [0.2, 0.25) is 0 Å². The van der Waals surface area contributed by atoms with Crippen molar-refractivity contribution < 1.29 is 18.7 Å². The van der Waals surface area contributed by atoms with Crippen LogP contribution in [-0.4, -0.2) is 29.7 Å². The van der Waals surface area contributed by atoms with Crippen LogP contribution in [0.4, 0.5) is 15.9 Å². The molecule has 1 aromatic heterocycles. The van der Waals surface area contributed by atoms with Gasteiger partial charge in [-0.25, -0.2) is 9.37 Å². The standard InChI is InChI=1S/C21H17ClFN5O3/c1-31-13-4-6-17(15(9-13)21(30)28-18-7-3-12(22)10-26-18)27-20(29)14-5-2-11(19(24)25)8-16(14)23/h2-10H,1H3,(H3,24,25)(H,27,29)(H,26,28,30). The van der Waals surface area contributed by atoms with Crippen molar-refractivity contribution in [2.45, 2.75) is 0 Å². The number of nitrogens with one attached hydrogen (secondary N) is 3. The first-order chi connectivity index (χ1) is 14.8. The molecule has 8 nitrogen and oxygen atoms in total. The largest absolute Gasteiger partial charge is 0.497 e. The minimum absolute atomic E-state index is 0.0743. The second-order valence-electron chi connectivity index (χ2n) is 6.29. The molecule has 5 N–H and O–H groups in total. The number of amidine groups is 1. The van der Waals surface area contributed by atoms with E-state index in [9.17, 15) is 14.0 Å². The Hall–Kier alpha value is -3.98. The van der Waals surface area contributed by atoms with Gasteiger partial charge < -0.3 is 21.1 Å². The molecule has 0 atom stereocenters. The van der Waals surface area contributed by atoms with Crippen LogP contribution in [0.3, 0.4) is 0 Å². The van der Waals surface area contributed by atoms with Crippen LogP contribution in [0.25, 0.3) is 0 Å². The molecule has 0 aliphatic heterocycles. The number of benzene rings is 2. The molecule has 31 heavy (non-hydrogen) atoms. The highest BCUT2D eigenvalue weighted by Crippen LogP contribution is 2.24. The molecule has 158 valence electrons. The van der Waals surface area contributed by atoms with E-state index in [4.69, 9.17) is 27.5 Å². The van der Waals surface area contributed by atoms with Crippen LogP contribution in [0.2, 0.25) is 5.02 Å². The van der Waals surface area contributed by atoms with E-state index in [-0.39, 0.29) is 34.0 Å².